The molecule has 0 unspecified atom stereocenters. The molecule has 0 aliphatic rings. The quantitative estimate of drug-likeness (QED) is 0.650. The van der Waals surface area contributed by atoms with Crippen molar-refractivity contribution in [2.45, 2.75) is 51.4 Å². The van der Waals surface area contributed by atoms with E-state index in [-0.39, 0.29) is 17.7 Å². The lowest BCUT2D eigenvalue weighted by Gasteiger charge is -2.13. The highest BCUT2D eigenvalue weighted by Crippen LogP contribution is 2.14. The summed E-state index contributed by atoms with van der Waals surface area (Å²) in [6, 6.07) is 11.3. The van der Waals surface area contributed by atoms with Crippen molar-refractivity contribution in [3.05, 3.63) is 57.8 Å². The Bertz CT molecular complexity index is 800. The van der Waals surface area contributed by atoms with Gasteiger partial charge in [-0.2, -0.15) is 0 Å². The number of rotatable bonds is 10. The first-order valence-corrected chi connectivity index (χ1v) is 11.2. The van der Waals surface area contributed by atoms with Gasteiger partial charge < -0.3 is 5.32 Å². The van der Waals surface area contributed by atoms with Crippen LogP contribution in [0.5, 0.6) is 0 Å². The molecule has 0 spiro atoms. The molecule has 0 atom stereocenters. The summed E-state index contributed by atoms with van der Waals surface area (Å²) in [6.45, 7) is 3.92. The predicted octanol–water partition coefficient (Wildman–Crippen LogP) is 3.22. The van der Waals surface area contributed by atoms with Crippen molar-refractivity contribution in [3.8, 4) is 0 Å². The highest BCUT2D eigenvalue weighted by atomic mass is 32.2. The number of hydrogen-bond donors (Lipinski definition) is 2. The van der Waals surface area contributed by atoms with Gasteiger partial charge >= 0.3 is 0 Å². The van der Waals surface area contributed by atoms with Crippen LogP contribution in [0.3, 0.4) is 0 Å². The van der Waals surface area contributed by atoms with Crippen molar-refractivity contribution in [3.63, 3.8) is 0 Å². The second-order valence-corrected chi connectivity index (χ2v) is 9.30. The van der Waals surface area contributed by atoms with Gasteiger partial charge in [-0.05, 0) is 49.3 Å². The van der Waals surface area contributed by atoms with Gasteiger partial charge in [-0.1, -0.05) is 30.3 Å². The van der Waals surface area contributed by atoms with Gasteiger partial charge in [-0.3, -0.25) is 4.79 Å². The Labute approximate surface area is 159 Å². The summed E-state index contributed by atoms with van der Waals surface area (Å²) >= 11 is 1.70. The first kappa shape index (κ1) is 20.6. The maximum atomic E-state index is 12.2. The van der Waals surface area contributed by atoms with Crippen molar-refractivity contribution in [1.82, 2.24) is 10.0 Å². The highest BCUT2D eigenvalue weighted by Gasteiger charge is 2.15. The van der Waals surface area contributed by atoms with Crippen LogP contribution in [-0.2, 0) is 33.5 Å². The molecule has 2 aromatic rings. The Balaban J connectivity index is 1.86. The van der Waals surface area contributed by atoms with Crippen LogP contribution in [0, 0.1) is 0 Å². The van der Waals surface area contributed by atoms with Crippen LogP contribution in [0.25, 0.3) is 0 Å². The van der Waals surface area contributed by atoms with E-state index in [0.717, 1.165) is 18.4 Å². The maximum absolute atomic E-state index is 12.2. The molecular formula is C19H26N2O3S2. The topological polar surface area (TPSA) is 75.3 Å². The molecule has 7 heteroatoms. The number of hydrogen-bond acceptors (Lipinski definition) is 4. The minimum absolute atomic E-state index is 0.0143. The third kappa shape index (κ3) is 7.27. The molecule has 0 radical (unpaired) electrons. The van der Waals surface area contributed by atoms with E-state index in [1.165, 1.54) is 4.88 Å². The SMILES string of the molecule is CC(C)NS(=O)(=O)Cc1ccccc1CNC(=O)CCCc1cccs1. The van der Waals surface area contributed by atoms with Gasteiger partial charge in [0, 0.05) is 23.9 Å². The molecule has 0 saturated heterocycles. The number of carbonyl (C=O) groups excluding carboxylic acids is 1. The number of nitrogens with one attached hydrogen (secondary N) is 2. The van der Waals surface area contributed by atoms with Crippen molar-refractivity contribution >= 4 is 27.3 Å². The standard InChI is InChI=1S/C19H26N2O3S2/c1-15(2)21-26(23,24)14-17-8-4-3-7-16(17)13-20-19(22)11-5-9-18-10-6-12-25-18/h3-4,6-8,10,12,15,21H,5,9,11,13-14H2,1-2H3,(H,20,22). The molecule has 1 amide bonds. The van der Waals surface area contributed by atoms with E-state index in [4.69, 9.17) is 0 Å². The van der Waals surface area contributed by atoms with Gasteiger partial charge in [-0.25, -0.2) is 13.1 Å². The number of thiophene rings is 1. The number of amides is 1. The fourth-order valence-corrected chi connectivity index (χ4v) is 4.88. The lowest BCUT2D eigenvalue weighted by molar-refractivity contribution is -0.121. The van der Waals surface area contributed by atoms with Crippen molar-refractivity contribution < 1.29 is 13.2 Å². The van der Waals surface area contributed by atoms with Gasteiger partial charge in [0.05, 0.1) is 5.75 Å². The molecule has 1 aromatic carbocycles. The van der Waals surface area contributed by atoms with Crippen LogP contribution in [0.4, 0.5) is 0 Å². The largest absolute Gasteiger partial charge is 0.352 e. The summed E-state index contributed by atoms with van der Waals surface area (Å²) < 4.78 is 26.9. The summed E-state index contributed by atoms with van der Waals surface area (Å²) in [4.78, 5) is 13.3. The molecule has 5 nitrogen and oxygen atoms in total. The maximum Gasteiger partial charge on any atom is 0.220 e. The van der Waals surface area contributed by atoms with E-state index in [1.54, 1.807) is 31.3 Å². The Morgan fingerprint density at radius 1 is 1.12 bits per heavy atom. The van der Waals surface area contributed by atoms with Crippen LogP contribution in [0.1, 0.15) is 42.7 Å². The van der Waals surface area contributed by atoms with Crippen LogP contribution in [-0.4, -0.2) is 20.4 Å². The monoisotopic (exact) mass is 394 g/mol. The minimum Gasteiger partial charge on any atom is -0.352 e. The van der Waals surface area contributed by atoms with Crippen molar-refractivity contribution in [2.24, 2.45) is 0 Å². The van der Waals surface area contributed by atoms with E-state index in [0.29, 0.717) is 18.5 Å². The van der Waals surface area contributed by atoms with Crippen LogP contribution in [0.15, 0.2) is 41.8 Å². The molecule has 2 rings (SSSR count). The average Bonchev–Trinajstić information content (AvgIpc) is 3.06. The first-order valence-electron chi connectivity index (χ1n) is 8.71. The lowest BCUT2D eigenvalue weighted by Crippen LogP contribution is -2.31. The Morgan fingerprint density at radius 2 is 1.85 bits per heavy atom. The Morgan fingerprint density at radius 3 is 2.50 bits per heavy atom. The van der Waals surface area contributed by atoms with Crippen LogP contribution >= 0.6 is 11.3 Å². The molecule has 142 valence electrons. The van der Waals surface area contributed by atoms with Gasteiger partial charge in [0.2, 0.25) is 15.9 Å². The van der Waals surface area contributed by atoms with Crippen molar-refractivity contribution in [1.29, 1.82) is 0 Å². The van der Waals surface area contributed by atoms with Gasteiger partial charge in [-0.15, -0.1) is 11.3 Å². The number of sulfonamides is 1. The molecule has 2 N–H and O–H groups in total. The van der Waals surface area contributed by atoms with E-state index in [1.807, 2.05) is 29.6 Å². The molecule has 26 heavy (non-hydrogen) atoms. The van der Waals surface area contributed by atoms with E-state index < -0.39 is 10.0 Å². The smallest absolute Gasteiger partial charge is 0.220 e. The van der Waals surface area contributed by atoms with Crippen LogP contribution in [0.2, 0.25) is 0 Å². The minimum atomic E-state index is -3.40. The molecule has 0 aliphatic carbocycles. The second-order valence-electron chi connectivity index (χ2n) is 6.51. The molecule has 0 fully saturated rings. The summed E-state index contributed by atoms with van der Waals surface area (Å²) in [5.74, 6) is -0.102. The number of carbonyl (C=O) groups is 1. The highest BCUT2D eigenvalue weighted by molar-refractivity contribution is 7.88. The number of benzene rings is 1. The van der Waals surface area contributed by atoms with Gasteiger partial charge in [0.1, 0.15) is 0 Å². The van der Waals surface area contributed by atoms with Gasteiger partial charge in [0.15, 0.2) is 0 Å². The molecule has 0 saturated carbocycles. The molecular weight excluding hydrogens is 368 g/mol. The normalized spacial score (nSPS) is 11.7. The third-order valence-corrected chi connectivity index (χ3v) is 6.22. The summed E-state index contributed by atoms with van der Waals surface area (Å²) in [5, 5.41) is 4.93. The van der Waals surface area contributed by atoms with E-state index >= 15 is 0 Å². The van der Waals surface area contributed by atoms with E-state index in [9.17, 15) is 13.2 Å². The first-order chi connectivity index (χ1) is 12.4. The molecule has 1 heterocycles. The zero-order chi connectivity index (χ0) is 19.0. The van der Waals surface area contributed by atoms with Gasteiger partial charge in [0.25, 0.3) is 0 Å². The molecule has 0 aliphatic heterocycles. The fraction of sp³-hybridized carbons (Fsp3) is 0.421. The molecule has 1 aromatic heterocycles. The zero-order valence-electron chi connectivity index (χ0n) is 15.2. The number of aryl methyl sites for hydroxylation is 1. The Hall–Kier alpha value is -1.70. The van der Waals surface area contributed by atoms with Crippen LogP contribution < -0.4 is 10.0 Å². The zero-order valence-corrected chi connectivity index (χ0v) is 16.8. The summed E-state index contributed by atoms with van der Waals surface area (Å²) in [6.07, 6.45) is 2.18. The second kappa shape index (κ2) is 9.85. The summed E-state index contributed by atoms with van der Waals surface area (Å²) in [5.41, 5.74) is 1.53. The lowest BCUT2D eigenvalue weighted by atomic mass is 10.1. The summed E-state index contributed by atoms with van der Waals surface area (Å²) in [7, 11) is -3.40. The van der Waals surface area contributed by atoms with Crippen molar-refractivity contribution in [2.75, 3.05) is 0 Å². The van der Waals surface area contributed by atoms with E-state index in [2.05, 4.69) is 16.1 Å². The average molecular weight is 395 g/mol. The molecule has 0 bridgehead atoms. The predicted molar refractivity (Wildman–Crippen MR) is 106 cm³/mol. The third-order valence-electron chi connectivity index (χ3n) is 3.76. The Kier molecular flexibility index (Phi) is 7.81. The fourth-order valence-electron chi connectivity index (χ4n) is 2.64.